The largest absolute Gasteiger partial charge is 0.384 e. The van der Waals surface area contributed by atoms with Crippen LogP contribution in [0.5, 0.6) is 0 Å². The van der Waals surface area contributed by atoms with Crippen LogP contribution in [0.25, 0.3) is 0 Å². The lowest BCUT2D eigenvalue weighted by molar-refractivity contribution is -0.110. The first kappa shape index (κ1) is 7.35. The van der Waals surface area contributed by atoms with Gasteiger partial charge in [-0.1, -0.05) is 12.2 Å². The summed E-state index contributed by atoms with van der Waals surface area (Å²) in [5.74, 6) is 0.133. The number of rotatable bonds is 0. The minimum absolute atomic E-state index is 0.133. The molecule has 0 spiro atoms. The highest BCUT2D eigenvalue weighted by molar-refractivity contribution is 6.13. The molecular formula is C10H11NO. The maximum Gasteiger partial charge on any atom is 0.188 e. The number of carbonyl (C=O) groups excluding carboxylic acids is 1. The molecule has 2 heteroatoms. The molecule has 0 unspecified atom stereocenters. The summed E-state index contributed by atoms with van der Waals surface area (Å²) >= 11 is 0. The molecule has 2 rings (SSSR count). The Labute approximate surface area is 71.7 Å². The van der Waals surface area contributed by atoms with Gasteiger partial charge in [0.05, 0.1) is 0 Å². The molecule has 0 radical (unpaired) electrons. The van der Waals surface area contributed by atoms with Gasteiger partial charge in [-0.25, -0.2) is 0 Å². The van der Waals surface area contributed by atoms with Gasteiger partial charge >= 0.3 is 0 Å². The topological polar surface area (TPSA) is 29.1 Å². The fourth-order valence-electron chi connectivity index (χ4n) is 1.65. The SMILES string of the molecule is C/C=C1\C(=O)C=C2NCCC=C21. The molecule has 62 valence electrons. The van der Waals surface area contributed by atoms with Gasteiger partial charge in [-0.15, -0.1) is 0 Å². The third kappa shape index (κ3) is 0.916. The summed E-state index contributed by atoms with van der Waals surface area (Å²) in [5, 5.41) is 3.21. The normalized spacial score (nSPS) is 24.8. The summed E-state index contributed by atoms with van der Waals surface area (Å²) in [4.78, 5) is 11.3. The molecule has 12 heavy (non-hydrogen) atoms. The minimum Gasteiger partial charge on any atom is -0.384 e. The van der Waals surface area contributed by atoms with E-state index in [1.807, 2.05) is 13.0 Å². The monoisotopic (exact) mass is 161 g/mol. The number of hydrogen-bond donors (Lipinski definition) is 1. The second kappa shape index (κ2) is 2.63. The minimum atomic E-state index is 0.133. The summed E-state index contributed by atoms with van der Waals surface area (Å²) in [7, 11) is 0. The van der Waals surface area contributed by atoms with Gasteiger partial charge in [0.25, 0.3) is 0 Å². The van der Waals surface area contributed by atoms with Crippen LogP contribution in [0.1, 0.15) is 13.3 Å². The lowest BCUT2D eigenvalue weighted by atomic mass is 10.0. The summed E-state index contributed by atoms with van der Waals surface area (Å²) in [5.41, 5.74) is 2.94. The molecule has 0 fully saturated rings. The number of carbonyl (C=O) groups is 1. The van der Waals surface area contributed by atoms with E-state index in [1.165, 1.54) is 0 Å². The molecule has 0 saturated carbocycles. The van der Waals surface area contributed by atoms with Gasteiger partial charge in [-0.3, -0.25) is 4.79 Å². The molecule has 0 atom stereocenters. The fourth-order valence-corrected chi connectivity index (χ4v) is 1.65. The Morgan fingerprint density at radius 3 is 3.17 bits per heavy atom. The molecule has 1 aliphatic carbocycles. The lowest BCUT2D eigenvalue weighted by Crippen LogP contribution is -2.18. The van der Waals surface area contributed by atoms with Crippen molar-refractivity contribution in [3.05, 3.63) is 35.1 Å². The number of fused-ring (bicyclic) bond motifs is 1. The molecule has 1 N–H and O–H groups in total. The molecule has 0 saturated heterocycles. The van der Waals surface area contributed by atoms with Crippen LogP contribution in [0, 0.1) is 0 Å². The van der Waals surface area contributed by atoms with Crippen LogP contribution >= 0.6 is 0 Å². The predicted molar refractivity (Wildman–Crippen MR) is 47.5 cm³/mol. The average Bonchev–Trinajstić information content (AvgIpc) is 2.40. The number of hydrogen-bond acceptors (Lipinski definition) is 2. The molecule has 1 heterocycles. The van der Waals surface area contributed by atoms with Crippen LogP contribution in [0.2, 0.25) is 0 Å². The second-order valence-electron chi connectivity index (χ2n) is 2.96. The maximum atomic E-state index is 11.3. The zero-order valence-corrected chi connectivity index (χ0v) is 7.05. The Morgan fingerprint density at radius 1 is 1.58 bits per heavy atom. The average molecular weight is 161 g/mol. The smallest absolute Gasteiger partial charge is 0.188 e. The highest BCUT2D eigenvalue weighted by Crippen LogP contribution is 2.28. The zero-order valence-electron chi connectivity index (χ0n) is 7.05. The Kier molecular flexibility index (Phi) is 1.61. The Morgan fingerprint density at radius 2 is 2.42 bits per heavy atom. The zero-order chi connectivity index (χ0) is 8.55. The van der Waals surface area contributed by atoms with Crippen molar-refractivity contribution >= 4 is 5.78 Å². The van der Waals surface area contributed by atoms with Crippen molar-refractivity contribution in [2.24, 2.45) is 0 Å². The highest BCUT2D eigenvalue weighted by Gasteiger charge is 2.24. The summed E-state index contributed by atoms with van der Waals surface area (Å²) in [6.07, 6.45) is 6.70. The predicted octanol–water partition coefficient (Wildman–Crippen LogP) is 1.32. The van der Waals surface area contributed by atoms with Crippen LogP contribution in [-0.2, 0) is 4.79 Å². The standard InChI is InChI=1S/C10H11NO/c1-2-7-8-4-3-5-11-9(8)6-10(7)12/h2,4,6,11H,3,5H2,1H3/b7-2-. The van der Waals surface area contributed by atoms with Gasteiger partial charge in [0.2, 0.25) is 0 Å². The van der Waals surface area contributed by atoms with Gasteiger partial charge in [-0.05, 0) is 13.3 Å². The highest BCUT2D eigenvalue weighted by atomic mass is 16.1. The molecule has 2 aliphatic rings. The maximum absolute atomic E-state index is 11.3. The molecular weight excluding hydrogens is 150 g/mol. The number of nitrogens with one attached hydrogen (secondary N) is 1. The Balaban J connectivity index is 2.47. The van der Waals surface area contributed by atoms with Gasteiger partial charge in [0.15, 0.2) is 5.78 Å². The summed E-state index contributed by atoms with van der Waals surface area (Å²) < 4.78 is 0. The van der Waals surface area contributed by atoms with E-state index >= 15 is 0 Å². The first-order chi connectivity index (χ1) is 5.83. The van der Waals surface area contributed by atoms with Gasteiger partial charge < -0.3 is 5.32 Å². The molecule has 1 aliphatic heterocycles. The Hall–Kier alpha value is -1.31. The van der Waals surface area contributed by atoms with Crippen molar-refractivity contribution in [3.8, 4) is 0 Å². The first-order valence-electron chi connectivity index (χ1n) is 4.20. The quantitative estimate of drug-likeness (QED) is 0.543. The number of allylic oxidation sites excluding steroid dienone is 3. The van der Waals surface area contributed by atoms with E-state index in [0.29, 0.717) is 0 Å². The third-order valence-electron chi connectivity index (χ3n) is 2.22. The molecule has 0 amide bonds. The van der Waals surface area contributed by atoms with Crippen LogP contribution in [0.4, 0.5) is 0 Å². The van der Waals surface area contributed by atoms with Crippen LogP contribution < -0.4 is 5.32 Å². The van der Waals surface area contributed by atoms with E-state index in [4.69, 9.17) is 0 Å². The van der Waals surface area contributed by atoms with E-state index in [0.717, 1.165) is 29.8 Å². The van der Waals surface area contributed by atoms with E-state index in [1.54, 1.807) is 6.08 Å². The van der Waals surface area contributed by atoms with Gasteiger partial charge in [0.1, 0.15) is 0 Å². The van der Waals surface area contributed by atoms with Crippen LogP contribution in [-0.4, -0.2) is 12.3 Å². The summed E-state index contributed by atoms with van der Waals surface area (Å²) in [6.45, 7) is 2.85. The van der Waals surface area contributed by atoms with Crippen molar-refractivity contribution in [2.45, 2.75) is 13.3 Å². The molecule has 0 aromatic heterocycles. The van der Waals surface area contributed by atoms with E-state index in [2.05, 4.69) is 11.4 Å². The van der Waals surface area contributed by atoms with Crippen molar-refractivity contribution in [3.63, 3.8) is 0 Å². The first-order valence-corrected chi connectivity index (χ1v) is 4.20. The van der Waals surface area contributed by atoms with Crippen LogP contribution in [0.15, 0.2) is 35.1 Å². The summed E-state index contributed by atoms with van der Waals surface area (Å²) in [6, 6.07) is 0. The third-order valence-corrected chi connectivity index (χ3v) is 2.22. The van der Waals surface area contributed by atoms with E-state index in [-0.39, 0.29) is 5.78 Å². The van der Waals surface area contributed by atoms with Gasteiger partial charge in [-0.2, -0.15) is 0 Å². The van der Waals surface area contributed by atoms with Crippen molar-refractivity contribution in [1.82, 2.24) is 5.32 Å². The lowest BCUT2D eigenvalue weighted by Gasteiger charge is -2.14. The molecule has 0 aromatic rings. The van der Waals surface area contributed by atoms with Crippen molar-refractivity contribution in [1.29, 1.82) is 0 Å². The molecule has 2 nitrogen and oxygen atoms in total. The fraction of sp³-hybridized carbons (Fsp3) is 0.300. The van der Waals surface area contributed by atoms with E-state index < -0.39 is 0 Å². The Bertz CT molecular complexity index is 321. The van der Waals surface area contributed by atoms with E-state index in [9.17, 15) is 4.79 Å². The van der Waals surface area contributed by atoms with Crippen molar-refractivity contribution < 1.29 is 4.79 Å². The van der Waals surface area contributed by atoms with Crippen LogP contribution in [0.3, 0.4) is 0 Å². The second-order valence-corrected chi connectivity index (χ2v) is 2.96. The molecule has 0 bridgehead atoms. The molecule has 0 aromatic carbocycles. The van der Waals surface area contributed by atoms with Gasteiger partial charge in [0, 0.05) is 29.5 Å². The van der Waals surface area contributed by atoms with Crippen molar-refractivity contribution in [2.75, 3.05) is 6.54 Å². The number of ketones is 1.